The quantitative estimate of drug-likeness (QED) is 0.630. The predicted molar refractivity (Wildman–Crippen MR) is 84.1 cm³/mol. The van der Waals surface area contributed by atoms with Crippen LogP contribution in [0.15, 0.2) is 53.4 Å². The smallest absolute Gasteiger partial charge is 0.328 e. The summed E-state index contributed by atoms with van der Waals surface area (Å²) in [4.78, 5) is 11.6. The fourth-order valence-electron chi connectivity index (χ4n) is 1.71. The first-order chi connectivity index (χ1) is 10.0. The fourth-order valence-corrected chi connectivity index (χ4v) is 2.74. The Bertz CT molecular complexity index is 668. The van der Waals surface area contributed by atoms with Gasteiger partial charge < -0.3 is 5.11 Å². The largest absolute Gasteiger partial charge is 0.478 e. The minimum Gasteiger partial charge on any atom is -0.478 e. The molecule has 0 spiro atoms. The number of halogens is 2. The monoisotopic (exact) mass is 322 g/mol. The first-order valence-electron chi connectivity index (χ1n) is 6.12. The summed E-state index contributed by atoms with van der Waals surface area (Å²) in [5.74, 6) is -0.836. The molecule has 0 bridgehead atoms. The number of thioether (sulfide) groups is 1. The van der Waals surface area contributed by atoms with Crippen LogP contribution >= 0.6 is 23.4 Å². The van der Waals surface area contributed by atoms with Crippen LogP contribution in [0.5, 0.6) is 0 Å². The number of carboxylic acids is 1. The van der Waals surface area contributed by atoms with Crippen molar-refractivity contribution in [3.05, 3.63) is 70.5 Å². The van der Waals surface area contributed by atoms with Crippen LogP contribution in [0.2, 0.25) is 5.02 Å². The molecule has 0 radical (unpaired) electrons. The zero-order valence-electron chi connectivity index (χ0n) is 10.9. The summed E-state index contributed by atoms with van der Waals surface area (Å²) in [5.41, 5.74) is 1.44. The molecule has 0 aliphatic rings. The summed E-state index contributed by atoms with van der Waals surface area (Å²) in [6.45, 7) is 0. The van der Waals surface area contributed by atoms with E-state index in [0.29, 0.717) is 16.3 Å². The van der Waals surface area contributed by atoms with E-state index in [0.717, 1.165) is 16.5 Å². The molecule has 21 heavy (non-hydrogen) atoms. The molecule has 0 aliphatic heterocycles. The molecule has 2 aromatic rings. The molecule has 0 saturated heterocycles. The van der Waals surface area contributed by atoms with Gasteiger partial charge >= 0.3 is 5.97 Å². The molecule has 0 fully saturated rings. The van der Waals surface area contributed by atoms with E-state index < -0.39 is 5.97 Å². The van der Waals surface area contributed by atoms with Crippen molar-refractivity contribution >= 4 is 35.4 Å². The molecular weight excluding hydrogens is 311 g/mol. The Labute approximate surface area is 131 Å². The summed E-state index contributed by atoms with van der Waals surface area (Å²) in [7, 11) is 0. The third-order valence-electron chi connectivity index (χ3n) is 2.72. The van der Waals surface area contributed by atoms with Crippen LogP contribution in [0.3, 0.4) is 0 Å². The van der Waals surface area contributed by atoms with Crippen molar-refractivity contribution in [3.8, 4) is 0 Å². The van der Waals surface area contributed by atoms with Crippen LogP contribution in [0.1, 0.15) is 11.1 Å². The van der Waals surface area contributed by atoms with Crippen LogP contribution in [-0.2, 0) is 10.5 Å². The van der Waals surface area contributed by atoms with E-state index >= 15 is 0 Å². The van der Waals surface area contributed by atoms with Gasteiger partial charge in [-0.15, -0.1) is 11.8 Å². The molecule has 2 rings (SSSR count). The van der Waals surface area contributed by atoms with E-state index in [4.69, 9.17) is 16.7 Å². The summed E-state index contributed by atoms with van der Waals surface area (Å²) in [6, 6.07) is 11.8. The Balaban J connectivity index is 2.15. The molecule has 0 aliphatic carbocycles. The van der Waals surface area contributed by atoms with E-state index in [2.05, 4.69) is 0 Å². The molecule has 2 nitrogen and oxygen atoms in total. The zero-order chi connectivity index (χ0) is 15.2. The minimum atomic E-state index is -1.06. The zero-order valence-corrected chi connectivity index (χ0v) is 12.5. The van der Waals surface area contributed by atoms with Gasteiger partial charge in [-0.1, -0.05) is 17.7 Å². The highest BCUT2D eigenvalue weighted by molar-refractivity contribution is 7.98. The summed E-state index contributed by atoms with van der Waals surface area (Å²) in [6.07, 6.45) is 2.41. The van der Waals surface area contributed by atoms with E-state index in [1.54, 1.807) is 30.0 Å². The topological polar surface area (TPSA) is 37.3 Å². The summed E-state index contributed by atoms with van der Waals surface area (Å²) < 4.78 is 13.3. The molecule has 0 heterocycles. The molecule has 1 N–H and O–H groups in total. The molecule has 5 heteroatoms. The lowest BCUT2D eigenvalue weighted by Gasteiger charge is -2.06. The second kappa shape index (κ2) is 7.29. The van der Waals surface area contributed by atoms with Crippen LogP contribution in [0, 0.1) is 5.82 Å². The number of carboxylic acid groups (broad SMARTS) is 1. The summed E-state index contributed by atoms with van der Waals surface area (Å²) in [5, 5.41) is 9.34. The van der Waals surface area contributed by atoms with Crippen molar-refractivity contribution in [2.75, 3.05) is 0 Å². The Kier molecular flexibility index (Phi) is 5.42. The number of rotatable bonds is 5. The Hall–Kier alpha value is -1.78. The van der Waals surface area contributed by atoms with Gasteiger partial charge in [-0.3, -0.25) is 0 Å². The van der Waals surface area contributed by atoms with Gasteiger partial charge in [0.1, 0.15) is 5.82 Å². The lowest BCUT2D eigenvalue weighted by molar-refractivity contribution is -0.131. The highest BCUT2D eigenvalue weighted by atomic mass is 35.5. The molecular formula is C16H12ClFO2S. The Morgan fingerprint density at radius 3 is 2.62 bits per heavy atom. The molecule has 0 aromatic heterocycles. The van der Waals surface area contributed by atoms with E-state index in [1.165, 1.54) is 18.2 Å². The van der Waals surface area contributed by atoms with Gasteiger partial charge in [0.15, 0.2) is 0 Å². The van der Waals surface area contributed by atoms with E-state index in [9.17, 15) is 9.18 Å². The van der Waals surface area contributed by atoms with E-state index in [-0.39, 0.29) is 5.82 Å². The maximum absolute atomic E-state index is 13.3. The molecule has 108 valence electrons. The summed E-state index contributed by atoms with van der Waals surface area (Å²) >= 11 is 7.40. The van der Waals surface area contributed by atoms with Gasteiger partial charge in [-0.2, -0.15) is 0 Å². The molecule has 2 aromatic carbocycles. The highest BCUT2D eigenvalue weighted by Crippen LogP contribution is 2.26. The minimum absolute atomic E-state index is 0.389. The first-order valence-corrected chi connectivity index (χ1v) is 7.49. The van der Waals surface area contributed by atoms with Gasteiger partial charge in [0.2, 0.25) is 0 Å². The van der Waals surface area contributed by atoms with Crippen molar-refractivity contribution in [1.29, 1.82) is 0 Å². The third kappa shape index (κ3) is 4.92. The van der Waals surface area contributed by atoms with Crippen molar-refractivity contribution in [2.45, 2.75) is 10.6 Å². The first kappa shape index (κ1) is 15.6. The lowest BCUT2D eigenvalue weighted by Crippen LogP contribution is -1.91. The maximum Gasteiger partial charge on any atom is 0.328 e. The van der Waals surface area contributed by atoms with Gasteiger partial charge in [0, 0.05) is 21.7 Å². The predicted octanol–water partition coefficient (Wildman–Crippen LogP) is 4.87. The number of hydrogen-bond acceptors (Lipinski definition) is 2. The van der Waals surface area contributed by atoms with Crippen molar-refractivity contribution in [3.63, 3.8) is 0 Å². The molecule has 0 saturated carbocycles. The average molecular weight is 323 g/mol. The van der Waals surface area contributed by atoms with Crippen molar-refractivity contribution in [2.24, 2.45) is 0 Å². The SMILES string of the molecule is O=C(O)C=Cc1cc(F)ccc1CSc1ccc(Cl)cc1. The molecule has 0 amide bonds. The number of hydrogen-bond donors (Lipinski definition) is 1. The number of benzene rings is 2. The highest BCUT2D eigenvalue weighted by Gasteiger charge is 2.04. The second-order valence-electron chi connectivity index (χ2n) is 4.26. The molecule has 0 unspecified atom stereocenters. The fraction of sp³-hybridized carbons (Fsp3) is 0.0625. The Morgan fingerprint density at radius 1 is 1.24 bits per heavy atom. The van der Waals surface area contributed by atoms with Crippen molar-refractivity contribution in [1.82, 2.24) is 0 Å². The second-order valence-corrected chi connectivity index (χ2v) is 5.74. The van der Waals surface area contributed by atoms with Gasteiger partial charge in [-0.05, 0) is 53.6 Å². The number of aliphatic carboxylic acids is 1. The van der Waals surface area contributed by atoms with Gasteiger partial charge in [0.25, 0.3) is 0 Å². The van der Waals surface area contributed by atoms with Crippen molar-refractivity contribution < 1.29 is 14.3 Å². The van der Waals surface area contributed by atoms with E-state index in [1.807, 2.05) is 12.1 Å². The maximum atomic E-state index is 13.3. The molecule has 0 atom stereocenters. The standard InChI is InChI=1S/C16H12ClFO2S/c17-13-3-6-15(7-4-13)21-10-12-1-5-14(18)9-11(12)2-8-16(19)20/h1-9H,10H2,(H,19,20). The van der Waals surface area contributed by atoms with Gasteiger partial charge in [0.05, 0.1) is 0 Å². The Morgan fingerprint density at radius 2 is 1.95 bits per heavy atom. The lowest BCUT2D eigenvalue weighted by atomic mass is 10.1. The van der Waals surface area contributed by atoms with Crippen LogP contribution in [0.25, 0.3) is 6.08 Å². The van der Waals surface area contributed by atoms with Crippen LogP contribution < -0.4 is 0 Å². The normalized spacial score (nSPS) is 11.0. The van der Waals surface area contributed by atoms with Crippen LogP contribution in [-0.4, -0.2) is 11.1 Å². The average Bonchev–Trinajstić information content (AvgIpc) is 2.45. The van der Waals surface area contributed by atoms with Crippen LogP contribution in [0.4, 0.5) is 4.39 Å². The third-order valence-corrected chi connectivity index (χ3v) is 4.03. The van der Waals surface area contributed by atoms with Gasteiger partial charge in [-0.25, -0.2) is 9.18 Å². The number of carbonyl (C=O) groups is 1.